The number of carbonyl (C=O) groups is 2. The summed E-state index contributed by atoms with van der Waals surface area (Å²) >= 11 is 0. The maximum Gasteiger partial charge on any atom is 0.221 e. The zero-order valence-corrected chi connectivity index (χ0v) is 11.9. The van der Waals surface area contributed by atoms with E-state index in [9.17, 15) is 9.59 Å². The second kappa shape index (κ2) is 8.96. The molecule has 4 N–H and O–H groups in total. The molecule has 1 aromatic rings. The van der Waals surface area contributed by atoms with E-state index in [1.165, 1.54) is 0 Å². The van der Waals surface area contributed by atoms with Crippen LogP contribution < -0.4 is 16.4 Å². The first kappa shape index (κ1) is 16.0. The van der Waals surface area contributed by atoms with Crippen molar-refractivity contribution in [2.45, 2.75) is 32.6 Å². The predicted octanol–water partition coefficient (Wildman–Crippen LogP) is 1.23. The van der Waals surface area contributed by atoms with E-state index in [1.54, 1.807) is 0 Å². The van der Waals surface area contributed by atoms with Gasteiger partial charge in [0.25, 0.3) is 0 Å². The van der Waals surface area contributed by atoms with Gasteiger partial charge in [0.1, 0.15) is 0 Å². The molecule has 0 heterocycles. The summed E-state index contributed by atoms with van der Waals surface area (Å²) in [6, 6.07) is 7.51. The van der Waals surface area contributed by atoms with E-state index in [2.05, 4.69) is 10.6 Å². The summed E-state index contributed by atoms with van der Waals surface area (Å²) in [6.45, 7) is 3.06. The van der Waals surface area contributed by atoms with Crippen LogP contribution in [0.15, 0.2) is 24.3 Å². The third-order valence-corrected chi connectivity index (χ3v) is 2.84. The van der Waals surface area contributed by atoms with Crippen LogP contribution >= 0.6 is 0 Å². The molecule has 0 spiro atoms. The molecule has 0 unspecified atom stereocenters. The van der Waals surface area contributed by atoms with Crippen molar-refractivity contribution in [2.24, 2.45) is 0 Å². The van der Waals surface area contributed by atoms with Crippen molar-refractivity contribution < 1.29 is 9.59 Å². The quantitative estimate of drug-likeness (QED) is 0.625. The van der Waals surface area contributed by atoms with Crippen molar-refractivity contribution in [3.05, 3.63) is 29.8 Å². The van der Waals surface area contributed by atoms with Crippen LogP contribution in [0.4, 0.5) is 5.69 Å². The molecule has 110 valence electrons. The Labute approximate surface area is 119 Å². The molecule has 0 aliphatic carbocycles. The van der Waals surface area contributed by atoms with Crippen LogP contribution in [-0.4, -0.2) is 24.9 Å². The zero-order chi connectivity index (χ0) is 14.8. The maximum absolute atomic E-state index is 11.6. The van der Waals surface area contributed by atoms with Crippen molar-refractivity contribution in [1.29, 1.82) is 0 Å². The highest BCUT2D eigenvalue weighted by Crippen LogP contribution is 2.08. The summed E-state index contributed by atoms with van der Waals surface area (Å²) in [4.78, 5) is 22.9. The molecule has 0 saturated heterocycles. The number of hydrogen-bond acceptors (Lipinski definition) is 3. The number of carbonyl (C=O) groups excluding carboxylic acids is 2. The average Bonchev–Trinajstić information content (AvgIpc) is 2.43. The Balaban J connectivity index is 2.16. The number of nitrogens with two attached hydrogens (primary N) is 1. The first-order valence-electron chi connectivity index (χ1n) is 6.99. The van der Waals surface area contributed by atoms with Gasteiger partial charge >= 0.3 is 0 Å². The highest BCUT2D eigenvalue weighted by atomic mass is 16.2. The number of aryl methyl sites for hydroxylation is 1. The Hall–Kier alpha value is -2.04. The summed E-state index contributed by atoms with van der Waals surface area (Å²) in [5.74, 6) is -0.0706. The molecule has 5 nitrogen and oxygen atoms in total. The molecule has 0 aliphatic heterocycles. The summed E-state index contributed by atoms with van der Waals surface area (Å²) < 4.78 is 0. The van der Waals surface area contributed by atoms with Crippen LogP contribution in [0.2, 0.25) is 0 Å². The van der Waals surface area contributed by atoms with Gasteiger partial charge in [0.2, 0.25) is 11.8 Å². The number of nitrogen functional groups attached to an aromatic ring is 1. The minimum atomic E-state index is -0.0456. The molecule has 20 heavy (non-hydrogen) atoms. The van der Waals surface area contributed by atoms with Crippen molar-refractivity contribution in [3.63, 3.8) is 0 Å². The Bertz CT molecular complexity index is 446. The second-order valence-corrected chi connectivity index (χ2v) is 4.69. The monoisotopic (exact) mass is 277 g/mol. The molecule has 0 radical (unpaired) electrons. The summed E-state index contributed by atoms with van der Waals surface area (Å²) in [5.41, 5.74) is 7.42. The standard InChI is InChI=1S/C15H23N3O2/c1-2-9-17-15(20)8-10-18-14(19)7-6-12-4-3-5-13(16)11-12/h3-5,11H,2,6-10,16H2,1H3,(H,17,20)(H,18,19). The number of amides is 2. The lowest BCUT2D eigenvalue weighted by Crippen LogP contribution is -2.31. The van der Waals surface area contributed by atoms with Gasteiger partial charge in [0, 0.05) is 31.6 Å². The number of nitrogens with one attached hydrogen (secondary N) is 2. The molecule has 0 fully saturated rings. The Morgan fingerprint density at radius 2 is 1.80 bits per heavy atom. The summed E-state index contributed by atoms with van der Waals surface area (Å²) in [5, 5.41) is 5.51. The number of benzene rings is 1. The number of hydrogen-bond donors (Lipinski definition) is 3. The van der Waals surface area contributed by atoms with Gasteiger partial charge in [0.15, 0.2) is 0 Å². The molecule has 5 heteroatoms. The van der Waals surface area contributed by atoms with E-state index < -0.39 is 0 Å². The van der Waals surface area contributed by atoms with E-state index >= 15 is 0 Å². The van der Waals surface area contributed by atoms with Crippen LogP contribution in [0.25, 0.3) is 0 Å². The molecular formula is C15H23N3O2. The Kier molecular flexibility index (Phi) is 7.17. The molecule has 0 atom stereocenters. The molecule has 0 aromatic heterocycles. The molecule has 0 aliphatic rings. The van der Waals surface area contributed by atoms with Crippen LogP contribution in [-0.2, 0) is 16.0 Å². The lowest BCUT2D eigenvalue weighted by molar-refractivity contribution is -0.122. The Morgan fingerprint density at radius 1 is 1.10 bits per heavy atom. The molecule has 0 bridgehead atoms. The van der Waals surface area contributed by atoms with Crippen LogP contribution in [0.1, 0.15) is 31.7 Å². The van der Waals surface area contributed by atoms with E-state index in [-0.39, 0.29) is 11.8 Å². The lowest BCUT2D eigenvalue weighted by Gasteiger charge is -2.06. The third-order valence-electron chi connectivity index (χ3n) is 2.84. The fraction of sp³-hybridized carbons (Fsp3) is 0.467. The maximum atomic E-state index is 11.6. The zero-order valence-electron chi connectivity index (χ0n) is 11.9. The minimum Gasteiger partial charge on any atom is -0.399 e. The van der Waals surface area contributed by atoms with Crippen LogP contribution in [0.3, 0.4) is 0 Å². The fourth-order valence-electron chi connectivity index (χ4n) is 1.76. The van der Waals surface area contributed by atoms with Gasteiger partial charge in [-0.15, -0.1) is 0 Å². The van der Waals surface area contributed by atoms with Gasteiger partial charge in [0.05, 0.1) is 0 Å². The van der Waals surface area contributed by atoms with Gasteiger partial charge in [-0.3, -0.25) is 9.59 Å². The van der Waals surface area contributed by atoms with E-state index in [0.29, 0.717) is 38.0 Å². The SMILES string of the molecule is CCCNC(=O)CCNC(=O)CCc1cccc(N)c1. The Morgan fingerprint density at radius 3 is 2.50 bits per heavy atom. The smallest absolute Gasteiger partial charge is 0.221 e. The highest BCUT2D eigenvalue weighted by Gasteiger charge is 2.04. The van der Waals surface area contributed by atoms with E-state index in [4.69, 9.17) is 5.73 Å². The topological polar surface area (TPSA) is 84.2 Å². The molecular weight excluding hydrogens is 254 g/mol. The van der Waals surface area contributed by atoms with Gasteiger partial charge in [-0.2, -0.15) is 0 Å². The molecule has 1 aromatic carbocycles. The van der Waals surface area contributed by atoms with Crippen molar-refractivity contribution in [1.82, 2.24) is 10.6 Å². The number of anilines is 1. The van der Waals surface area contributed by atoms with E-state index in [1.807, 2.05) is 31.2 Å². The normalized spacial score (nSPS) is 10.1. The van der Waals surface area contributed by atoms with E-state index in [0.717, 1.165) is 12.0 Å². The van der Waals surface area contributed by atoms with Crippen LogP contribution in [0, 0.1) is 0 Å². The molecule has 2 amide bonds. The molecule has 0 saturated carbocycles. The van der Waals surface area contributed by atoms with Crippen molar-refractivity contribution in [3.8, 4) is 0 Å². The predicted molar refractivity (Wildman–Crippen MR) is 80.1 cm³/mol. The van der Waals surface area contributed by atoms with Crippen molar-refractivity contribution in [2.75, 3.05) is 18.8 Å². The minimum absolute atomic E-state index is 0.0250. The summed E-state index contributed by atoms with van der Waals surface area (Å²) in [7, 11) is 0. The number of rotatable bonds is 8. The highest BCUT2D eigenvalue weighted by molar-refractivity contribution is 5.79. The molecule has 1 rings (SSSR count). The summed E-state index contributed by atoms with van der Waals surface area (Å²) in [6.07, 6.45) is 2.29. The second-order valence-electron chi connectivity index (χ2n) is 4.69. The van der Waals surface area contributed by atoms with Crippen molar-refractivity contribution >= 4 is 17.5 Å². The first-order chi connectivity index (χ1) is 9.61. The lowest BCUT2D eigenvalue weighted by atomic mass is 10.1. The first-order valence-corrected chi connectivity index (χ1v) is 6.99. The van der Waals surface area contributed by atoms with Gasteiger partial charge in [-0.05, 0) is 30.5 Å². The largest absolute Gasteiger partial charge is 0.399 e. The van der Waals surface area contributed by atoms with Crippen LogP contribution in [0.5, 0.6) is 0 Å². The average molecular weight is 277 g/mol. The van der Waals surface area contributed by atoms with Gasteiger partial charge < -0.3 is 16.4 Å². The van der Waals surface area contributed by atoms with Gasteiger partial charge in [-0.25, -0.2) is 0 Å². The fourth-order valence-corrected chi connectivity index (χ4v) is 1.76. The third kappa shape index (κ3) is 6.78. The van der Waals surface area contributed by atoms with Gasteiger partial charge in [-0.1, -0.05) is 19.1 Å².